The van der Waals surface area contributed by atoms with Crippen molar-refractivity contribution in [2.75, 3.05) is 6.54 Å². The van der Waals surface area contributed by atoms with Crippen molar-refractivity contribution in [2.24, 2.45) is 5.92 Å². The van der Waals surface area contributed by atoms with Crippen LogP contribution in [0.2, 0.25) is 0 Å². The molecule has 1 aromatic rings. The Morgan fingerprint density at radius 1 is 1.24 bits per heavy atom. The number of hydrogen-bond acceptors (Lipinski definition) is 2. The second-order valence-electron chi connectivity index (χ2n) is 6.57. The van der Waals surface area contributed by atoms with Crippen LogP contribution in [-0.2, 0) is 11.2 Å². The summed E-state index contributed by atoms with van der Waals surface area (Å²) in [5.41, 5.74) is 2.54. The number of hydrogen-bond donors (Lipinski definition) is 2. The number of piperidine rings is 1. The van der Waals surface area contributed by atoms with Crippen LogP contribution in [0.25, 0.3) is 0 Å². The van der Waals surface area contributed by atoms with Crippen LogP contribution < -0.4 is 10.6 Å². The number of amides is 1. The molecule has 1 saturated heterocycles. The fraction of sp³-hybridized carbons (Fsp3) is 0.611. The predicted molar refractivity (Wildman–Crippen MR) is 87.2 cm³/mol. The topological polar surface area (TPSA) is 41.1 Å². The van der Waals surface area contributed by atoms with Crippen LogP contribution >= 0.6 is 0 Å². The van der Waals surface area contributed by atoms with Gasteiger partial charge in [-0.05, 0) is 49.8 Å². The van der Waals surface area contributed by atoms with Crippen LogP contribution in [-0.4, -0.2) is 18.5 Å². The molecule has 21 heavy (non-hydrogen) atoms. The molecule has 116 valence electrons. The van der Waals surface area contributed by atoms with Crippen molar-refractivity contribution in [1.29, 1.82) is 0 Å². The van der Waals surface area contributed by atoms with E-state index in [0.29, 0.717) is 5.92 Å². The van der Waals surface area contributed by atoms with Gasteiger partial charge in [-0.1, -0.05) is 44.5 Å². The number of rotatable bonds is 5. The van der Waals surface area contributed by atoms with E-state index in [2.05, 4.69) is 55.7 Å². The highest BCUT2D eigenvalue weighted by molar-refractivity contribution is 5.82. The van der Waals surface area contributed by atoms with Gasteiger partial charge in [0.15, 0.2) is 0 Å². The molecule has 0 aliphatic carbocycles. The van der Waals surface area contributed by atoms with Gasteiger partial charge in [0, 0.05) is 0 Å². The molecule has 3 heteroatoms. The molecule has 1 aliphatic heterocycles. The highest BCUT2D eigenvalue weighted by atomic mass is 16.2. The molecule has 2 N–H and O–H groups in total. The smallest absolute Gasteiger partial charge is 0.237 e. The van der Waals surface area contributed by atoms with Gasteiger partial charge in [0.25, 0.3) is 0 Å². The molecule has 1 heterocycles. The summed E-state index contributed by atoms with van der Waals surface area (Å²) in [4.78, 5) is 12.2. The Hall–Kier alpha value is -1.35. The average molecular weight is 288 g/mol. The minimum absolute atomic E-state index is 0.0126. The Morgan fingerprint density at radius 3 is 2.52 bits per heavy atom. The molecule has 2 atom stereocenters. The molecule has 0 aromatic heterocycles. The van der Waals surface area contributed by atoms with Gasteiger partial charge in [0.1, 0.15) is 0 Å². The first kappa shape index (κ1) is 16.0. The third-order valence-electron chi connectivity index (χ3n) is 4.11. The maximum absolute atomic E-state index is 12.2. The molecule has 0 spiro atoms. The molecule has 3 nitrogen and oxygen atoms in total. The summed E-state index contributed by atoms with van der Waals surface area (Å²) in [6.07, 6.45) is 4.37. The second-order valence-corrected chi connectivity index (χ2v) is 6.57. The first-order valence-corrected chi connectivity index (χ1v) is 8.19. The lowest BCUT2D eigenvalue weighted by Gasteiger charge is -2.24. The SMILES string of the molecule is CC(C)Cc1ccc(C(C)NC(=O)C2CCCCN2)cc1. The van der Waals surface area contributed by atoms with Crippen molar-refractivity contribution < 1.29 is 4.79 Å². The van der Waals surface area contributed by atoms with Crippen molar-refractivity contribution in [1.82, 2.24) is 10.6 Å². The summed E-state index contributed by atoms with van der Waals surface area (Å²) in [6.45, 7) is 7.47. The lowest BCUT2D eigenvalue weighted by Crippen LogP contribution is -2.47. The van der Waals surface area contributed by atoms with Crippen molar-refractivity contribution >= 4 is 5.91 Å². The number of nitrogens with one attached hydrogen (secondary N) is 2. The van der Waals surface area contributed by atoms with E-state index in [1.165, 1.54) is 17.5 Å². The number of carbonyl (C=O) groups excluding carboxylic acids is 1. The van der Waals surface area contributed by atoms with E-state index >= 15 is 0 Å². The quantitative estimate of drug-likeness (QED) is 0.873. The predicted octanol–water partition coefficient (Wildman–Crippen LogP) is 3.20. The minimum Gasteiger partial charge on any atom is -0.348 e. The Bertz CT molecular complexity index is 447. The number of benzene rings is 1. The minimum atomic E-state index is -0.0126. The maximum Gasteiger partial charge on any atom is 0.237 e. The third kappa shape index (κ3) is 4.85. The molecular weight excluding hydrogens is 260 g/mol. The summed E-state index contributed by atoms with van der Waals surface area (Å²) < 4.78 is 0. The highest BCUT2D eigenvalue weighted by Gasteiger charge is 2.21. The van der Waals surface area contributed by atoms with Crippen molar-refractivity contribution in [3.8, 4) is 0 Å². The van der Waals surface area contributed by atoms with Gasteiger partial charge in [0.2, 0.25) is 5.91 Å². The Kier molecular flexibility index (Phi) is 5.80. The first-order chi connectivity index (χ1) is 10.1. The molecule has 2 unspecified atom stereocenters. The van der Waals surface area contributed by atoms with Gasteiger partial charge in [-0.15, -0.1) is 0 Å². The Morgan fingerprint density at radius 2 is 1.95 bits per heavy atom. The van der Waals surface area contributed by atoms with E-state index in [0.717, 1.165) is 25.8 Å². The molecule has 1 aromatic carbocycles. The molecular formula is C18H28N2O. The van der Waals surface area contributed by atoms with Crippen LogP contribution in [0.15, 0.2) is 24.3 Å². The lowest BCUT2D eigenvalue weighted by molar-refractivity contribution is -0.124. The van der Waals surface area contributed by atoms with Gasteiger partial charge in [-0.3, -0.25) is 4.79 Å². The van der Waals surface area contributed by atoms with Crippen LogP contribution in [0.1, 0.15) is 57.2 Å². The first-order valence-electron chi connectivity index (χ1n) is 8.19. The van der Waals surface area contributed by atoms with Crippen molar-refractivity contribution in [3.63, 3.8) is 0 Å². The Balaban J connectivity index is 1.90. The highest BCUT2D eigenvalue weighted by Crippen LogP contribution is 2.16. The standard InChI is InChI=1S/C18H28N2O/c1-13(2)12-15-7-9-16(10-8-15)14(3)20-18(21)17-6-4-5-11-19-17/h7-10,13-14,17,19H,4-6,11-12H2,1-3H3,(H,20,21). The van der Waals surface area contributed by atoms with E-state index in [9.17, 15) is 4.79 Å². The third-order valence-corrected chi connectivity index (χ3v) is 4.11. The van der Waals surface area contributed by atoms with Gasteiger partial charge in [-0.2, -0.15) is 0 Å². The van der Waals surface area contributed by atoms with Crippen LogP contribution in [0.5, 0.6) is 0 Å². The molecule has 0 saturated carbocycles. The molecule has 1 fully saturated rings. The largest absolute Gasteiger partial charge is 0.348 e. The van der Waals surface area contributed by atoms with Crippen molar-refractivity contribution in [2.45, 2.75) is 58.5 Å². The summed E-state index contributed by atoms with van der Waals surface area (Å²) >= 11 is 0. The van der Waals surface area contributed by atoms with E-state index in [-0.39, 0.29) is 18.0 Å². The summed E-state index contributed by atoms with van der Waals surface area (Å²) in [6, 6.07) is 8.68. The lowest BCUT2D eigenvalue weighted by atomic mass is 9.99. The molecule has 1 amide bonds. The zero-order chi connectivity index (χ0) is 15.2. The van der Waals surface area contributed by atoms with E-state index in [1.807, 2.05) is 0 Å². The summed E-state index contributed by atoms with van der Waals surface area (Å²) in [5.74, 6) is 0.804. The van der Waals surface area contributed by atoms with Gasteiger partial charge in [0.05, 0.1) is 12.1 Å². The zero-order valence-electron chi connectivity index (χ0n) is 13.5. The number of carbonyl (C=O) groups is 1. The maximum atomic E-state index is 12.2. The fourth-order valence-corrected chi connectivity index (χ4v) is 2.89. The van der Waals surface area contributed by atoms with Crippen LogP contribution in [0.3, 0.4) is 0 Å². The van der Waals surface area contributed by atoms with Gasteiger partial charge >= 0.3 is 0 Å². The Labute approximate surface area is 128 Å². The summed E-state index contributed by atoms with van der Waals surface area (Å²) in [7, 11) is 0. The fourth-order valence-electron chi connectivity index (χ4n) is 2.89. The van der Waals surface area contributed by atoms with Crippen LogP contribution in [0.4, 0.5) is 0 Å². The monoisotopic (exact) mass is 288 g/mol. The van der Waals surface area contributed by atoms with Gasteiger partial charge < -0.3 is 10.6 Å². The van der Waals surface area contributed by atoms with Gasteiger partial charge in [-0.25, -0.2) is 0 Å². The molecule has 0 radical (unpaired) electrons. The summed E-state index contributed by atoms with van der Waals surface area (Å²) in [5, 5.41) is 6.42. The molecule has 2 rings (SSSR count). The average Bonchev–Trinajstić information content (AvgIpc) is 2.48. The van der Waals surface area contributed by atoms with E-state index in [4.69, 9.17) is 0 Å². The van der Waals surface area contributed by atoms with Crippen LogP contribution in [0, 0.1) is 5.92 Å². The molecule has 0 bridgehead atoms. The molecule has 1 aliphatic rings. The second kappa shape index (κ2) is 7.60. The normalized spacial score (nSPS) is 20.3. The van der Waals surface area contributed by atoms with E-state index < -0.39 is 0 Å². The van der Waals surface area contributed by atoms with Crippen molar-refractivity contribution in [3.05, 3.63) is 35.4 Å². The zero-order valence-corrected chi connectivity index (χ0v) is 13.5. The van der Waals surface area contributed by atoms with E-state index in [1.54, 1.807) is 0 Å².